The third kappa shape index (κ3) is 5.33. The maximum Gasteiger partial charge on any atom is 0.191 e. The lowest BCUT2D eigenvalue weighted by molar-refractivity contribution is 0.264. The van der Waals surface area contributed by atoms with Crippen molar-refractivity contribution in [2.24, 2.45) is 10.7 Å². The highest BCUT2D eigenvalue weighted by Crippen LogP contribution is 2.16. The summed E-state index contributed by atoms with van der Waals surface area (Å²) in [4.78, 5) is 11.6. The fraction of sp³-hybridized carbons (Fsp3) is 0.632. The number of anilines is 1. The van der Waals surface area contributed by atoms with Crippen LogP contribution in [0, 0.1) is 5.82 Å². The van der Waals surface area contributed by atoms with Crippen LogP contribution in [0.1, 0.15) is 25.7 Å². The standard InChI is InChI=1S/C19H30FN5/c20-17-5-7-18(8-6-17)24-15-13-23(14-16-24)12-9-22-19(21)25-10-3-1-2-4-11-25/h5-8H,1-4,9-16H2,(H2,21,22). The van der Waals surface area contributed by atoms with Crippen LogP contribution in [0.3, 0.4) is 0 Å². The number of rotatable bonds is 4. The van der Waals surface area contributed by atoms with Gasteiger partial charge >= 0.3 is 0 Å². The van der Waals surface area contributed by atoms with Gasteiger partial charge in [-0.15, -0.1) is 0 Å². The average Bonchev–Trinajstić information content (AvgIpc) is 2.92. The Morgan fingerprint density at radius 2 is 1.56 bits per heavy atom. The molecule has 0 bridgehead atoms. The molecule has 2 heterocycles. The summed E-state index contributed by atoms with van der Waals surface area (Å²) in [6, 6.07) is 6.78. The van der Waals surface area contributed by atoms with Crippen LogP contribution in [-0.4, -0.2) is 68.1 Å². The van der Waals surface area contributed by atoms with E-state index in [0.717, 1.165) is 58.0 Å². The Balaban J connectivity index is 1.40. The van der Waals surface area contributed by atoms with Gasteiger partial charge in [0.15, 0.2) is 5.96 Å². The molecule has 0 spiro atoms. The Kier molecular flexibility index (Phi) is 6.50. The molecule has 2 fully saturated rings. The van der Waals surface area contributed by atoms with Gasteiger partial charge in [-0.1, -0.05) is 12.8 Å². The summed E-state index contributed by atoms with van der Waals surface area (Å²) < 4.78 is 13.0. The summed E-state index contributed by atoms with van der Waals surface area (Å²) in [6.07, 6.45) is 5.06. The topological polar surface area (TPSA) is 48.1 Å². The number of piperazine rings is 1. The van der Waals surface area contributed by atoms with Crippen molar-refractivity contribution in [3.63, 3.8) is 0 Å². The first kappa shape index (κ1) is 18.0. The van der Waals surface area contributed by atoms with Crippen LogP contribution in [0.2, 0.25) is 0 Å². The van der Waals surface area contributed by atoms with Crippen LogP contribution in [0.4, 0.5) is 10.1 Å². The molecule has 5 nitrogen and oxygen atoms in total. The second-order valence-corrected chi connectivity index (χ2v) is 6.95. The minimum absolute atomic E-state index is 0.178. The fourth-order valence-corrected chi connectivity index (χ4v) is 3.59. The SMILES string of the molecule is NC(=NCCN1CCN(c2ccc(F)cc2)CC1)N1CCCCCC1. The van der Waals surface area contributed by atoms with Crippen LogP contribution in [0.25, 0.3) is 0 Å². The quantitative estimate of drug-likeness (QED) is 0.670. The minimum Gasteiger partial charge on any atom is -0.370 e. The molecule has 2 aliphatic rings. The molecule has 6 heteroatoms. The molecule has 0 radical (unpaired) electrons. The number of hydrogen-bond donors (Lipinski definition) is 1. The number of aliphatic imine (C=N–C) groups is 1. The molecule has 3 rings (SSSR count). The first-order valence-corrected chi connectivity index (χ1v) is 9.50. The van der Waals surface area contributed by atoms with Crippen LogP contribution < -0.4 is 10.6 Å². The zero-order valence-electron chi connectivity index (χ0n) is 15.0. The van der Waals surface area contributed by atoms with Crippen molar-refractivity contribution >= 4 is 11.6 Å². The molecule has 0 unspecified atom stereocenters. The molecule has 0 atom stereocenters. The van der Waals surface area contributed by atoms with E-state index in [1.54, 1.807) is 0 Å². The van der Waals surface area contributed by atoms with Crippen molar-refractivity contribution in [1.29, 1.82) is 0 Å². The molecule has 1 aromatic carbocycles. The van der Waals surface area contributed by atoms with Crippen LogP contribution in [-0.2, 0) is 0 Å². The third-order valence-electron chi connectivity index (χ3n) is 5.18. The smallest absolute Gasteiger partial charge is 0.191 e. The Bertz CT molecular complexity index is 543. The maximum absolute atomic E-state index is 13.0. The van der Waals surface area contributed by atoms with E-state index < -0.39 is 0 Å². The van der Waals surface area contributed by atoms with E-state index in [9.17, 15) is 4.39 Å². The van der Waals surface area contributed by atoms with Crippen LogP contribution in [0.5, 0.6) is 0 Å². The lowest BCUT2D eigenvalue weighted by atomic mass is 10.2. The maximum atomic E-state index is 13.0. The molecule has 25 heavy (non-hydrogen) atoms. The Labute approximate surface area is 150 Å². The summed E-state index contributed by atoms with van der Waals surface area (Å²) in [5.41, 5.74) is 7.26. The number of likely N-dealkylation sites (tertiary alicyclic amines) is 1. The number of nitrogens with zero attached hydrogens (tertiary/aromatic N) is 4. The molecule has 2 aliphatic heterocycles. The van der Waals surface area contributed by atoms with Crippen molar-refractivity contribution in [2.45, 2.75) is 25.7 Å². The number of hydrogen-bond acceptors (Lipinski definition) is 3. The average molecular weight is 347 g/mol. The summed E-state index contributed by atoms with van der Waals surface area (Å²) in [6.45, 7) is 7.77. The number of guanidine groups is 1. The van der Waals surface area contributed by atoms with E-state index in [2.05, 4.69) is 19.7 Å². The Morgan fingerprint density at radius 1 is 0.920 bits per heavy atom. The number of halogens is 1. The van der Waals surface area contributed by atoms with E-state index >= 15 is 0 Å². The van der Waals surface area contributed by atoms with E-state index in [4.69, 9.17) is 5.73 Å². The molecular formula is C19H30FN5. The van der Waals surface area contributed by atoms with Gasteiger partial charge in [-0.3, -0.25) is 9.89 Å². The minimum atomic E-state index is -0.178. The second-order valence-electron chi connectivity index (χ2n) is 6.95. The lowest BCUT2D eigenvalue weighted by Crippen LogP contribution is -2.47. The zero-order valence-corrected chi connectivity index (χ0v) is 15.0. The predicted molar refractivity (Wildman–Crippen MR) is 102 cm³/mol. The lowest BCUT2D eigenvalue weighted by Gasteiger charge is -2.35. The highest BCUT2D eigenvalue weighted by molar-refractivity contribution is 5.78. The fourth-order valence-electron chi connectivity index (χ4n) is 3.59. The van der Waals surface area contributed by atoms with Crippen LogP contribution in [0.15, 0.2) is 29.3 Å². The molecule has 0 saturated carbocycles. The van der Waals surface area contributed by atoms with Crippen molar-refractivity contribution < 1.29 is 4.39 Å². The van der Waals surface area contributed by atoms with Gasteiger partial charge in [0, 0.05) is 51.5 Å². The summed E-state index contributed by atoms with van der Waals surface area (Å²) in [5.74, 6) is 0.536. The zero-order chi connectivity index (χ0) is 17.5. The summed E-state index contributed by atoms with van der Waals surface area (Å²) in [7, 11) is 0. The number of benzene rings is 1. The normalized spacial score (nSPS) is 20.6. The third-order valence-corrected chi connectivity index (χ3v) is 5.18. The van der Waals surface area contributed by atoms with Crippen molar-refractivity contribution in [2.75, 3.05) is 57.3 Å². The summed E-state index contributed by atoms with van der Waals surface area (Å²) in [5, 5.41) is 0. The first-order chi connectivity index (χ1) is 12.2. The van der Waals surface area contributed by atoms with Gasteiger partial charge in [0.1, 0.15) is 5.82 Å². The van der Waals surface area contributed by atoms with E-state index in [1.165, 1.54) is 37.8 Å². The summed E-state index contributed by atoms with van der Waals surface area (Å²) >= 11 is 0. The highest BCUT2D eigenvalue weighted by Gasteiger charge is 2.17. The molecular weight excluding hydrogens is 317 g/mol. The van der Waals surface area contributed by atoms with Gasteiger partial charge in [0.05, 0.1) is 6.54 Å². The number of nitrogens with two attached hydrogens (primary N) is 1. The van der Waals surface area contributed by atoms with Crippen molar-refractivity contribution in [3.05, 3.63) is 30.1 Å². The molecule has 138 valence electrons. The van der Waals surface area contributed by atoms with Gasteiger partial charge in [-0.25, -0.2) is 4.39 Å². The van der Waals surface area contributed by atoms with Gasteiger partial charge in [-0.2, -0.15) is 0 Å². The molecule has 2 N–H and O–H groups in total. The van der Waals surface area contributed by atoms with Gasteiger partial charge < -0.3 is 15.5 Å². The predicted octanol–water partition coefficient (Wildman–Crippen LogP) is 2.14. The highest BCUT2D eigenvalue weighted by atomic mass is 19.1. The largest absolute Gasteiger partial charge is 0.370 e. The monoisotopic (exact) mass is 347 g/mol. The van der Waals surface area contributed by atoms with Gasteiger partial charge in [0.25, 0.3) is 0 Å². The first-order valence-electron chi connectivity index (χ1n) is 9.50. The van der Waals surface area contributed by atoms with E-state index in [1.807, 2.05) is 12.1 Å². The van der Waals surface area contributed by atoms with Gasteiger partial charge in [0.2, 0.25) is 0 Å². The molecule has 0 aliphatic carbocycles. The molecule has 2 saturated heterocycles. The molecule has 0 aromatic heterocycles. The van der Waals surface area contributed by atoms with E-state index in [-0.39, 0.29) is 5.82 Å². The van der Waals surface area contributed by atoms with E-state index in [0.29, 0.717) is 5.96 Å². The second kappa shape index (κ2) is 9.04. The Morgan fingerprint density at radius 3 is 2.20 bits per heavy atom. The Hall–Kier alpha value is -1.82. The van der Waals surface area contributed by atoms with Crippen LogP contribution >= 0.6 is 0 Å². The van der Waals surface area contributed by atoms with Crippen molar-refractivity contribution in [1.82, 2.24) is 9.80 Å². The van der Waals surface area contributed by atoms with Crippen molar-refractivity contribution in [3.8, 4) is 0 Å². The molecule has 0 amide bonds. The molecule has 1 aromatic rings. The van der Waals surface area contributed by atoms with Gasteiger partial charge in [-0.05, 0) is 37.1 Å².